The molecule has 3 nitrogen and oxygen atoms in total. The predicted octanol–water partition coefficient (Wildman–Crippen LogP) is 4.05. The SMILES string of the molecule is Cc1ccc(SCC(=O)c2ccc3c(c2)OCCO3)c(C)c1. The van der Waals surface area contributed by atoms with Crippen LogP contribution in [0.3, 0.4) is 0 Å². The Balaban J connectivity index is 1.69. The summed E-state index contributed by atoms with van der Waals surface area (Å²) in [5, 5.41) is 0. The summed E-state index contributed by atoms with van der Waals surface area (Å²) in [6.45, 7) is 5.23. The third kappa shape index (κ3) is 3.28. The van der Waals surface area contributed by atoms with E-state index in [0.717, 1.165) is 4.90 Å². The number of benzene rings is 2. The van der Waals surface area contributed by atoms with E-state index in [1.54, 1.807) is 23.9 Å². The van der Waals surface area contributed by atoms with E-state index in [2.05, 4.69) is 32.0 Å². The van der Waals surface area contributed by atoms with E-state index in [1.807, 2.05) is 6.07 Å². The van der Waals surface area contributed by atoms with Crippen LogP contribution >= 0.6 is 11.8 Å². The fourth-order valence-electron chi connectivity index (χ4n) is 2.40. The van der Waals surface area contributed by atoms with E-state index in [9.17, 15) is 4.79 Å². The van der Waals surface area contributed by atoms with E-state index in [-0.39, 0.29) is 5.78 Å². The van der Waals surface area contributed by atoms with Crippen LogP contribution in [0.2, 0.25) is 0 Å². The zero-order chi connectivity index (χ0) is 15.5. The highest BCUT2D eigenvalue weighted by atomic mass is 32.2. The molecule has 0 bridgehead atoms. The van der Waals surface area contributed by atoms with Crippen molar-refractivity contribution in [2.75, 3.05) is 19.0 Å². The maximum absolute atomic E-state index is 12.4. The van der Waals surface area contributed by atoms with Gasteiger partial charge in [0.2, 0.25) is 0 Å². The molecule has 0 saturated heterocycles. The minimum absolute atomic E-state index is 0.0990. The van der Waals surface area contributed by atoms with Crippen molar-refractivity contribution >= 4 is 17.5 Å². The Morgan fingerprint density at radius 3 is 2.59 bits per heavy atom. The molecule has 0 spiro atoms. The van der Waals surface area contributed by atoms with Crippen molar-refractivity contribution in [2.24, 2.45) is 0 Å². The summed E-state index contributed by atoms with van der Waals surface area (Å²) in [5.74, 6) is 1.89. The van der Waals surface area contributed by atoms with E-state index < -0.39 is 0 Å². The van der Waals surface area contributed by atoms with E-state index in [1.165, 1.54) is 11.1 Å². The first-order valence-corrected chi connectivity index (χ1v) is 8.25. The van der Waals surface area contributed by atoms with Gasteiger partial charge < -0.3 is 9.47 Å². The summed E-state index contributed by atoms with van der Waals surface area (Å²) in [5.41, 5.74) is 3.11. The highest BCUT2D eigenvalue weighted by molar-refractivity contribution is 8.00. The van der Waals surface area contributed by atoms with Crippen molar-refractivity contribution < 1.29 is 14.3 Å². The first-order chi connectivity index (χ1) is 10.6. The smallest absolute Gasteiger partial charge is 0.173 e. The molecule has 4 heteroatoms. The second-order valence-corrected chi connectivity index (χ2v) is 6.36. The van der Waals surface area contributed by atoms with Crippen LogP contribution in [0.4, 0.5) is 0 Å². The Bertz CT molecular complexity index is 709. The van der Waals surface area contributed by atoms with Gasteiger partial charge in [-0.3, -0.25) is 4.79 Å². The van der Waals surface area contributed by atoms with Crippen LogP contribution in [0.25, 0.3) is 0 Å². The van der Waals surface area contributed by atoms with Gasteiger partial charge in [0.15, 0.2) is 17.3 Å². The fourth-order valence-corrected chi connectivity index (χ4v) is 3.31. The van der Waals surface area contributed by atoms with Crippen LogP contribution in [0, 0.1) is 13.8 Å². The van der Waals surface area contributed by atoms with Gasteiger partial charge >= 0.3 is 0 Å². The number of ether oxygens (including phenoxy) is 2. The second-order valence-electron chi connectivity index (χ2n) is 5.34. The van der Waals surface area contributed by atoms with Crippen molar-refractivity contribution in [1.29, 1.82) is 0 Å². The molecule has 114 valence electrons. The normalized spacial score (nSPS) is 13.0. The average molecular weight is 314 g/mol. The largest absolute Gasteiger partial charge is 0.486 e. The van der Waals surface area contributed by atoms with Crippen LogP contribution < -0.4 is 9.47 Å². The lowest BCUT2D eigenvalue weighted by Crippen LogP contribution is -2.16. The summed E-state index contributed by atoms with van der Waals surface area (Å²) in [6, 6.07) is 11.7. The van der Waals surface area contributed by atoms with Gasteiger partial charge in [0.05, 0.1) is 5.75 Å². The van der Waals surface area contributed by atoms with Crippen molar-refractivity contribution in [3.05, 3.63) is 53.1 Å². The molecule has 0 amide bonds. The van der Waals surface area contributed by atoms with Crippen molar-refractivity contribution in [3.8, 4) is 11.5 Å². The van der Waals surface area contributed by atoms with E-state index in [0.29, 0.717) is 36.0 Å². The zero-order valence-corrected chi connectivity index (χ0v) is 13.5. The lowest BCUT2D eigenvalue weighted by Gasteiger charge is -2.18. The first kappa shape index (κ1) is 15.0. The molecule has 2 aromatic rings. The van der Waals surface area contributed by atoms with Gasteiger partial charge in [-0.25, -0.2) is 0 Å². The summed E-state index contributed by atoms with van der Waals surface area (Å²) in [7, 11) is 0. The molecule has 0 atom stereocenters. The second kappa shape index (κ2) is 6.44. The van der Waals surface area contributed by atoms with Crippen LogP contribution in [0.5, 0.6) is 11.5 Å². The monoisotopic (exact) mass is 314 g/mol. The molecular weight excluding hydrogens is 296 g/mol. The summed E-state index contributed by atoms with van der Waals surface area (Å²) in [6.07, 6.45) is 0. The lowest BCUT2D eigenvalue weighted by atomic mass is 10.1. The van der Waals surface area contributed by atoms with Gasteiger partial charge in [0.1, 0.15) is 13.2 Å². The molecule has 0 radical (unpaired) electrons. The molecule has 1 aliphatic heterocycles. The number of carbonyl (C=O) groups is 1. The van der Waals surface area contributed by atoms with Crippen LogP contribution in [0.15, 0.2) is 41.3 Å². The lowest BCUT2D eigenvalue weighted by molar-refractivity contribution is 0.102. The molecule has 2 aromatic carbocycles. The number of fused-ring (bicyclic) bond motifs is 1. The molecular formula is C18H18O3S. The minimum Gasteiger partial charge on any atom is -0.486 e. The molecule has 3 rings (SSSR count). The number of Topliss-reactive ketones (excluding diaryl/α,β-unsaturated/α-hetero) is 1. The van der Waals surface area contributed by atoms with E-state index in [4.69, 9.17) is 9.47 Å². The predicted molar refractivity (Wildman–Crippen MR) is 88.4 cm³/mol. The van der Waals surface area contributed by atoms with Gasteiger partial charge in [-0.1, -0.05) is 17.7 Å². The number of rotatable bonds is 4. The average Bonchev–Trinajstić information content (AvgIpc) is 2.53. The Morgan fingerprint density at radius 2 is 1.82 bits per heavy atom. The number of carbonyl (C=O) groups excluding carboxylic acids is 1. The summed E-state index contributed by atoms with van der Waals surface area (Å²) < 4.78 is 11.0. The Morgan fingerprint density at radius 1 is 1.05 bits per heavy atom. The first-order valence-electron chi connectivity index (χ1n) is 7.26. The molecule has 0 aliphatic carbocycles. The number of ketones is 1. The fraction of sp³-hybridized carbons (Fsp3) is 0.278. The van der Waals surface area contributed by atoms with E-state index >= 15 is 0 Å². The van der Waals surface area contributed by atoms with Gasteiger partial charge in [-0.05, 0) is 43.7 Å². The third-order valence-electron chi connectivity index (χ3n) is 3.55. The molecule has 0 aromatic heterocycles. The molecule has 0 unspecified atom stereocenters. The highest BCUT2D eigenvalue weighted by Crippen LogP contribution is 2.31. The van der Waals surface area contributed by atoms with Crippen LogP contribution in [-0.4, -0.2) is 24.7 Å². The topological polar surface area (TPSA) is 35.5 Å². The maximum Gasteiger partial charge on any atom is 0.173 e. The summed E-state index contributed by atoms with van der Waals surface area (Å²) in [4.78, 5) is 13.5. The maximum atomic E-state index is 12.4. The number of thioether (sulfide) groups is 1. The Kier molecular flexibility index (Phi) is 4.39. The quantitative estimate of drug-likeness (QED) is 0.630. The molecule has 1 aliphatic rings. The van der Waals surface area contributed by atoms with Gasteiger partial charge in [0, 0.05) is 10.5 Å². The zero-order valence-electron chi connectivity index (χ0n) is 12.7. The van der Waals surface area contributed by atoms with Gasteiger partial charge in [-0.2, -0.15) is 0 Å². The molecule has 22 heavy (non-hydrogen) atoms. The van der Waals surface area contributed by atoms with Crippen LogP contribution in [-0.2, 0) is 0 Å². The van der Waals surface area contributed by atoms with Crippen LogP contribution in [0.1, 0.15) is 21.5 Å². The van der Waals surface area contributed by atoms with Crippen molar-refractivity contribution in [2.45, 2.75) is 18.7 Å². The highest BCUT2D eigenvalue weighted by Gasteiger charge is 2.15. The Hall–Kier alpha value is -1.94. The Labute approximate surface area is 134 Å². The van der Waals surface area contributed by atoms with Gasteiger partial charge in [-0.15, -0.1) is 11.8 Å². The minimum atomic E-state index is 0.0990. The van der Waals surface area contributed by atoms with Gasteiger partial charge in [0.25, 0.3) is 0 Å². The van der Waals surface area contributed by atoms with Crippen molar-refractivity contribution in [1.82, 2.24) is 0 Å². The number of hydrogen-bond acceptors (Lipinski definition) is 4. The number of aryl methyl sites for hydroxylation is 2. The molecule has 1 heterocycles. The molecule has 0 N–H and O–H groups in total. The molecule has 0 saturated carbocycles. The third-order valence-corrected chi connectivity index (χ3v) is 4.73. The van der Waals surface area contributed by atoms with Crippen molar-refractivity contribution in [3.63, 3.8) is 0 Å². The molecule has 0 fully saturated rings. The number of hydrogen-bond donors (Lipinski definition) is 0. The standard InChI is InChI=1S/C18H18O3S/c1-12-3-6-18(13(2)9-12)22-11-15(19)14-4-5-16-17(10-14)21-8-7-20-16/h3-6,9-10H,7-8,11H2,1-2H3. The summed E-state index contributed by atoms with van der Waals surface area (Å²) >= 11 is 1.57.